The standard InChI is InChI=1S/C6H13O5P.C3H8NO4P.H3N/c1-4-10-12(8,11-5-2)6(7)9-3;1-2-8-9(6,7)3(4)5;/h4-5H2,1-3H3;2H2,1H3,(H2,4,5)(H,6,7);1H3. The molecule has 0 aromatic rings. The maximum absolute atomic E-state index is 11.4. The number of hydrogen-bond donors (Lipinski definition) is 3. The topological polar surface area (TPSA) is 186 Å². The number of methoxy groups -OCH3 is 1. The molecule has 11 nitrogen and oxygen atoms in total. The molecule has 0 aromatic heterocycles. The van der Waals surface area contributed by atoms with Crippen LogP contribution in [0.1, 0.15) is 20.8 Å². The summed E-state index contributed by atoms with van der Waals surface area (Å²) in [6.45, 7) is 5.02. The van der Waals surface area contributed by atoms with E-state index in [2.05, 4.69) is 24.0 Å². The number of ether oxygens (including phenoxy) is 1. The molecular weight excluding hydrogens is 342 g/mol. The molecule has 0 radical (unpaired) electrons. The molecule has 6 N–H and O–H groups in total. The summed E-state index contributed by atoms with van der Waals surface area (Å²) in [6.07, 6.45) is 0. The van der Waals surface area contributed by atoms with Gasteiger partial charge in [0.05, 0.1) is 26.9 Å². The second-order valence-electron chi connectivity index (χ2n) is 3.08. The van der Waals surface area contributed by atoms with Crippen LogP contribution in [0, 0.1) is 0 Å². The number of rotatable bonds is 8. The minimum absolute atomic E-state index is 0. The molecule has 1 amide bonds. The molecule has 0 aromatic carbocycles. The smallest absolute Gasteiger partial charge is 0.438 e. The Kier molecular flexibility index (Phi) is 15.1. The van der Waals surface area contributed by atoms with E-state index >= 15 is 0 Å². The van der Waals surface area contributed by atoms with Crippen molar-refractivity contribution < 1.29 is 41.9 Å². The second kappa shape index (κ2) is 12.7. The molecular formula is C9H24N2O9P2. The number of amides is 1. The third kappa shape index (κ3) is 10.0. The van der Waals surface area contributed by atoms with Crippen molar-refractivity contribution in [3.8, 4) is 0 Å². The quantitative estimate of drug-likeness (QED) is 0.538. The monoisotopic (exact) mass is 366 g/mol. The van der Waals surface area contributed by atoms with E-state index < -0.39 is 26.6 Å². The molecule has 0 heterocycles. The van der Waals surface area contributed by atoms with Gasteiger partial charge in [-0.05, 0) is 20.8 Å². The van der Waals surface area contributed by atoms with E-state index in [0.717, 1.165) is 7.11 Å². The highest BCUT2D eigenvalue weighted by Crippen LogP contribution is 2.49. The summed E-state index contributed by atoms with van der Waals surface area (Å²) in [7, 11) is -6.67. The van der Waals surface area contributed by atoms with Crippen molar-refractivity contribution >= 4 is 26.6 Å². The Bertz CT molecular complexity index is 419. The Hall–Kier alpha value is -0.800. The van der Waals surface area contributed by atoms with Gasteiger partial charge < -0.3 is 35.1 Å². The maximum atomic E-state index is 11.4. The average Bonchev–Trinajstić information content (AvgIpc) is 2.38. The van der Waals surface area contributed by atoms with E-state index in [1.54, 1.807) is 13.8 Å². The van der Waals surface area contributed by atoms with Crippen molar-refractivity contribution in [2.45, 2.75) is 20.8 Å². The highest BCUT2D eigenvalue weighted by atomic mass is 31.2. The molecule has 0 rings (SSSR count). The minimum Gasteiger partial charge on any atom is -0.460 e. The summed E-state index contributed by atoms with van der Waals surface area (Å²) < 4.78 is 39.6. The first kappa shape index (κ1) is 26.1. The molecule has 0 saturated carbocycles. The maximum Gasteiger partial charge on any atom is 0.438 e. The number of hydrogen-bond acceptors (Lipinski definition) is 9. The summed E-state index contributed by atoms with van der Waals surface area (Å²) >= 11 is 0. The van der Waals surface area contributed by atoms with Gasteiger partial charge in [0.25, 0.3) is 0 Å². The second-order valence-corrected chi connectivity index (χ2v) is 6.70. The van der Waals surface area contributed by atoms with E-state index in [0.29, 0.717) is 0 Å². The van der Waals surface area contributed by atoms with Crippen molar-refractivity contribution in [3.63, 3.8) is 0 Å². The molecule has 13 heteroatoms. The highest BCUT2D eigenvalue weighted by molar-refractivity contribution is 7.71. The van der Waals surface area contributed by atoms with Gasteiger partial charge in [0, 0.05) is 0 Å². The summed E-state index contributed by atoms with van der Waals surface area (Å²) in [5, 5.41) is 0. The Morgan fingerprint density at radius 2 is 1.36 bits per heavy atom. The fourth-order valence-electron chi connectivity index (χ4n) is 0.833. The number of carbonyl (C=O) groups is 2. The van der Waals surface area contributed by atoms with Gasteiger partial charge in [-0.25, -0.2) is 13.9 Å². The van der Waals surface area contributed by atoms with Crippen LogP contribution in [0.3, 0.4) is 0 Å². The Morgan fingerprint density at radius 3 is 1.55 bits per heavy atom. The number of primary amides is 1. The van der Waals surface area contributed by atoms with E-state index in [4.69, 9.17) is 4.89 Å². The van der Waals surface area contributed by atoms with E-state index in [1.165, 1.54) is 6.92 Å². The van der Waals surface area contributed by atoms with Crippen molar-refractivity contribution in [2.75, 3.05) is 26.9 Å². The van der Waals surface area contributed by atoms with Crippen molar-refractivity contribution in [2.24, 2.45) is 5.73 Å². The number of nitrogens with two attached hydrogens (primary N) is 1. The molecule has 0 bridgehead atoms. The lowest BCUT2D eigenvalue weighted by Gasteiger charge is -2.13. The first-order chi connectivity index (χ1) is 9.61. The van der Waals surface area contributed by atoms with Gasteiger partial charge in [0.15, 0.2) is 0 Å². The molecule has 22 heavy (non-hydrogen) atoms. The van der Waals surface area contributed by atoms with Gasteiger partial charge in [-0.15, -0.1) is 0 Å². The lowest BCUT2D eigenvalue weighted by Crippen LogP contribution is -2.10. The molecule has 0 saturated heterocycles. The van der Waals surface area contributed by atoms with Crippen LogP contribution in [-0.2, 0) is 27.4 Å². The van der Waals surface area contributed by atoms with Crippen LogP contribution in [0.2, 0.25) is 0 Å². The summed E-state index contributed by atoms with van der Waals surface area (Å²) in [6, 6.07) is 0. The third-order valence-corrected chi connectivity index (χ3v) is 4.57. The zero-order valence-electron chi connectivity index (χ0n) is 13.0. The van der Waals surface area contributed by atoms with E-state index in [9.17, 15) is 18.7 Å². The highest BCUT2D eigenvalue weighted by Gasteiger charge is 2.35. The largest absolute Gasteiger partial charge is 0.460 e. The predicted octanol–water partition coefficient (Wildman–Crippen LogP) is 2.47. The van der Waals surface area contributed by atoms with Crippen molar-refractivity contribution in [1.29, 1.82) is 0 Å². The fraction of sp³-hybridized carbons (Fsp3) is 0.778. The lowest BCUT2D eigenvalue weighted by molar-refractivity contribution is 0.167. The SMILES string of the molecule is CCOP(=O)(O)C(N)=O.CCOP(=O)(OCC)C(=O)OC.N. The minimum atomic E-state index is -4.13. The average molecular weight is 366 g/mol. The lowest BCUT2D eigenvalue weighted by atomic mass is 10.9. The molecule has 0 aliphatic heterocycles. The Morgan fingerprint density at radius 1 is 1.00 bits per heavy atom. The first-order valence-corrected chi connectivity index (χ1v) is 8.98. The van der Waals surface area contributed by atoms with Crippen LogP contribution in [0.15, 0.2) is 0 Å². The molecule has 0 aliphatic rings. The van der Waals surface area contributed by atoms with Gasteiger partial charge in [-0.1, -0.05) is 0 Å². The zero-order valence-corrected chi connectivity index (χ0v) is 14.8. The van der Waals surface area contributed by atoms with E-state index in [1.807, 2.05) is 0 Å². The molecule has 0 aliphatic carbocycles. The van der Waals surface area contributed by atoms with Crippen LogP contribution in [0.5, 0.6) is 0 Å². The number of carbonyl (C=O) groups excluding carboxylic acids is 2. The van der Waals surface area contributed by atoms with Gasteiger partial charge in [-0.3, -0.25) is 4.79 Å². The van der Waals surface area contributed by atoms with Crippen LogP contribution in [0.4, 0.5) is 9.59 Å². The van der Waals surface area contributed by atoms with E-state index in [-0.39, 0.29) is 26.0 Å². The Balaban J connectivity index is -0.000000326. The van der Waals surface area contributed by atoms with Crippen molar-refractivity contribution in [3.05, 3.63) is 0 Å². The summed E-state index contributed by atoms with van der Waals surface area (Å²) in [4.78, 5) is 29.3. The molecule has 134 valence electrons. The van der Waals surface area contributed by atoms with Crippen LogP contribution in [-0.4, -0.2) is 43.2 Å². The molecule has 0 fully saturated rings. The summed E-state index contributed by atoms with van der Waals surface area (Å²) in [5.41, 5.74) is 2.21. The van der Waals surface area contributed by atoms with Crippen LogP contribution in [0.25, 0.3) is 0 Å². The molecule has 1 unspecified atom stereocenters. The predicted molar refractivity (Wildman–Crippen MR) is 79.3 cm³/mol. The Labute approximate surface area is 129 Å². The van der Waals surface area contributed by atoms with Crippen LogP contribution < -0.4 is 11.9 Å². The fourth-order valence-corrected chi connectivity index (χ4v) is 2.50. The van der Waals surface area contributed by atoms with Crippen LogP contribution >= 0.6 is 15.2 Å². The van der Waals surface area contributed by atoms with Gasteiger partial charge in [0.2, 0.25) is 0 Å². The van der Waals surface area contributed by atoms with Crippen molar-refractivity contribution in [1.82, 2.24) is 6.15 Å². The molecule has 0 spiro atoms. The zero-order chi connectivity index (χ0) is 17.1. The van der Waals surface area contributed by atoms with Gasteiger partial charge >= 0.3 is 26.6 Å². The molecule has 1 atom stereocenters. The third-order valence-electron chi connectivity index (χ3n) is 1.58. The van der Waals surface area contributed by atoms with Gasteiger partial charge in [0.1, 0.15) is 0 Å². The first-order valence-electron chi connectivity index (χ1n) is 5.86. The van der Waals surface area contributed by atoms with Gasteiger partial charge in [-0.2, -0.15) is 0 Å². The normalized spacial score (nSPS) is 13.0. The summed E-state index contributed by atoms with van der Waals surface area (Å²) in [5.74, 6) is 0.